The Hall–Kier alpha value is -2.21. The van der Waals surface area contributed by atoms with Gasteiger partial charge in [-0.1, -0.05) is 5.57 Å². The minimum Gasteiger partial charge on any atom is -0.461 e. The van der Waals surface area contributed by atoms with Crippen LogP contribution >= 0.6 is 0 Å². The normalized spacial score (nSPS) is 26.6. The van der Waals surface area contributed by atoms with Gasteiger partial charge in [0.05, 0.1) is 6.61 Å². The van der Waals surface area contributed by atoms with Crippen LogP contribution in [0, 0.1) is 5.41 Å². The molecule has 134 valence electrons. The molecule has 3 aliphatic carbocycles. The molecule has 3 aliphatic rings. The fraction of sp³-hybridized carbons (Fsp3) is 0.526. The highest BCUT2D eigenvalue weighted by Crippen LogP contribution is 2.66. The lowest BCUT2D eigenvalue weighted by molar-refractivity contribution is -0.169. The average Bonchev–Trinajstić information content (AvgIpc) is 3.26. The molecular weight excluding hydrogens is 324 g/mol. The second-order valence-corrected chi connectivity index (χ2v) is 7.04. The molecule has 0 amide bonds. The number of ether oxygens (including phenoxy) is 2. The number of Topliss-reactive ketones (excluding diaryl/α,β-unsaturated/α-hetero) is 1. The van der Waals surface area contributed by atoms with Crippen molar-refractivity contribution in [1.82, 2.24) is 0 Å². The van der Waals surface area contributed by atoms with Crippen LogP contribution < -0.4 is 0 Å². The van der Waals surface area contributed by atoms with Crippen molar-refractivity contribution in [2.45, 2.75) is 46.1 Å². The standard InChI is InChI=1S/C19H22O6/c1-10-16-14(7-13(8-20)15(16)9-24-11(2)21)17(23)18(4,25-12(3)22)19(10)5-6-19/h7,20H,5-6,8-9H2,1-4H3/t18-/m0/s1. The maximum absolute atomic E-state index is 13.2. The van der Waals surface area contributed by atoms with Gasteiger partial charge in [-0.2, -0.15) is 0 Å². The molecule has 25 heavy (non-hydrogen) atoms. The zero-order valence-electron chi connectivity index (χ0n) is 14.9. The summed E-state index contributed by atoms with van der Waals surface area (Å²) >= 11 is 0. The molecule has 1 atom stereocenters. The molecule has 1 N–H and O–H groups in total. The summed E-state index contributed by atoms with van der Waals surface area (Å²) < 4.78 is 10.6. The Kier molecular flexibility index (Phi) is 3.99. The molecule has 1 saturated carbocycles. The molecule has 0 aliphatic heterocycles. The number of fused-ring (bicyclic) bond motifs is 1. The van der Waals surface area contributed by atoms with E-state index in [-0.39, 0.29) is 19.0 Å². The van der Waals surface area contributed by atoms with Gasteiger partial charge in [-0.25, -0.2) is 0 Å². The predicted molar refractivity (Wildman–Crippen MR) is 88.4 cm³/mol. The fourth-order valence-electron chi connectivity index (χ4n) is 4.22. The first-order valence-corrected chi connectivity index (χ1v) is 8.32. The number of carbonyl (C=O) groups is 3. The maximum atomic E-state index is 13.2. The van der Waals surface area contributed by atoms with E-state index in [9.17, 15) is 19.5 Å². The number of aliphatic hydroxyl groups excluding tert-OH is 1. The summed E-state index contributed by atoms with van der Waals surface area (Å²) in [5, 5.41) is 9.68. The Morgan fingerprint density at radius 1 is 1.24 bits per heavy atom. The smallest absolute Gasteiger partial charge is 0.303 e. The average molecular weight is 346 g/mol. The monoisotopic (exact) mass is 346 g/mol. The summed E-state index contributed by atoms with van der Waals surface area (Å²) in [5.74, 6) is -1.18. The van der Waals surface area contributed by atoms with Gasteiger partial charge in [0.15, 0.2) is 5.60 Å². The molecule has 0 aromatic carbocycles. The molecule has 0 aromatic rings. The van der Waals surface area contributed by atoms with Gasteiger partial charge in [0.2, 0.25) is 5.78 Å². The van der Waals surface area contributed by atoms with E-state index in [1.807, 2.05) is 6.92 Å². The predicted octanol–water partition coefficient (Wildman–Crippen LogP) is 1.78. The van der Waals surface area contributed by atoms with Crippen LogP contribution in [0.2, 0.25) is 0 Å². The lowest BCUT2D eigenvalue weighted by atomic mass is 9.67. The van der Waals surface area contributed by atoms with E-state index in [4.69, 9.17) is 9.47 Å². The molecule has 0 aromatic heterocycles. The van der Waals surface area contributed by atoms with E-state index in [0.29, 0.717) is 16.7 Å². The van der Waals surface area contributed by atoms with Gasteiger partial charge in [-0.15, -0.1) is 0 Å². The van der Waals surface area contributed by atoms with Crippen LogP contribution in [0.4, 0.5) is 0 Å². The molecule has 1 fully saturated rings. The summed E-state index contributed by atoms with van der Waals surface area (Å²) in [4.78, 5) is 36.0. The van der Waals surface area contributed by atoms with Crippen molar-refractivity contribution in [3.05, 3.63) is 33.9 Å². The van der Waals surface area contributed by atoms with E-state index >= 15 is 0 Å². The van der Waals surface area contributed by atoms with Crippen molar-refractivity contribution in [2.24, 2.45) is 5.41 Å². The van der Waals surface area contributed by atoms with Crippen molar-refractivity contribution < 1.29 is 29.0 Å². The Morgan fingerprint density at radius 2 is 1.88 bits per heavy atom. The Bertz CT molecular complexity index is 778. The molecule has 6 heteroatoms. The zero-order chi connectivity index (χ0) is 18.6. The van der Waals surface area contributed by atoms with Crippen LogP contribution in [-0.2, 0) is 23.9 Å². The Morgan fingerprint density at radius 3 is 2.36 bits per heavy atom. The molecule has 0 radical (unpaired) electrons. The van der Waals surface area contributed by atoms with Crippen LogP contribution in [0.3, 0.4) is 0 Å². The number of ketones is 1. The largest absolute Gasteiger partial charge is 0.461 e. The number of esters is 2. The fourth-order valence-corrected chi connectivity index (χ4v) is 4.22. The van der Waals surface area contributed by atoms with Crippen LogP contribution in [0.25, 0.3) is 0 Å². The van der Waals surface area contributed by atoms with E-state index in [1.165, 1.54) is 13.8 Å². The van der Waals surface area contributed by atoms with E-state index in [1.54, 1.807) is 13.0 Å². The number of rotatable bonds is 4. The lowest BCUT2D eigenvalue weighted by Gasteiger charge is -2.42. The highest BCUT2D eigenvalue weighted by Gasteiger charge is 2.67. The highest BCUT2D eigenvalue weighted by molar-refractivity contribution is 6.11. The summed E-state index contributed by atoms with van der Waals surface area (Å²) in [6.07, 6.45) is 3.12. The minimum absolute atomic E-state index is 0.00550. The number of aliphatic hydroxyl groups is 1. The first-order valence-electron chi connectivity index (χ1n) is 8.32. The van der Waals surface area contributed by atoms with Gasteiger partial charge in [-0.05, 0) is 43.9 Å². The molecule has 1 spiro atoms. The third kappa shape index (κ3) is 2.39. The Balaban J connectivity index is 2.12. The molecule has 0 unspecified atom stereocenters. The number of hydrogen-bond acceptors (Lipinski definition) is 6. The third-order valence-electron chi connectivity index (χ3n) is 5.65. The van der Waals surface area contributed by atoms with Crippen LogP contribution in [0.5, 0.6) is 0 Å². The zero-order valence-corrected chi connectivity index (χ0v) is 14.9. The summed E-state index contributed by atoms with van der Waals surface area (Å²) in [6.45, 7) is 5.96. The van der Waals surface area contributed by atoms with Gasteiger partial charge in [0, 0.05) is 30.4 Å². The van der Waals surface area contributed by atoms with Crippen molar-refractivity contribution in [3.8, 4) is 0 Å². The van der Waals surface area contributed by atoms with Crippen molar-refractivity contribution in [3.63, 3.8) is 0 Å². The van der Waals surface area contributed by atoms with Crippen molar-refractivity contribution >= 4 is 17.7 Å². The second kappa shape index (κ2) is 5.66. The number of hydrogen-bond donors (Lipinski definition) is 1. The Labute approximate surface area is 146 Å². The van der Waals surface area contributed by atoms with Crippen LogP contribution in [0.1, 0.15) is 40.5 Å². The van der Waals surface area contributed by atoms with E-state index in [0.717, 1.165) is 24.0 Å². The molecular formula is C19H22O6. The molecule has 6 nitrogen and oxygen atoms in total. The summed E-state index contributed by atoms with van der Waals surface area (Å²) in [5.41, 5.74) is 1.57. The molecule has 0 saturated heterocycles. The van der Waals surface area contributed by atoms with Crippen LogP contribution in [0.15, 0.2) is 33.9 Å². The molecule has 3 rings (SSSR count). The van der Waals surface area contributed by atoms with Crippen LogP contribution in [-0.4, -0.2) is 41.6 Å². The molecule has 0 heterocycles. The van der Waals surface area contributed by atoms with Crippen molar-refractivity contribution in [2.75, 3.05) is 13.2 Å². The SMILES string of the molecule is CC(=O)OCC1=C(CO)C=C2C(=O)[C@](C)(OC(C)=O)C3(CC3)C(C)=C21. The van der Waals surface area contributed by atoms with Gasteiger partial charge < -0.3 is 14.6 Å². The quantitative estimate of drug-likeness (QED) is 0.781. The van der Waals surface area contributed by atoms with Crippen molar-refractivity contribution in [1.29, 1.82) is 0 Å². The molecule has 0 bridgehead atoms. The van der Waals surface area contributed by atoms with E-state index < -0.39 is 23.0 Å². The topological polar surface area (TPSA) is 89.9 Å². The first-order chi connectivity index (χ1) is 11.7. The summed E-state index contributed by atoms with van der Waals surface area (Å²) in [7, 11) is 0. The number of carbonyl (C=O) groups excluding carboxylic acids is 3. The lowest BCUT2D eigenvalue weighted by Crippen LogP contribution is -2.52. The first kappa shape index (κ1) is 17.6. The maximum Gasteiger partial charge on any atom is 0.303 e. The van der Waals surface area contributed by atoms with Gasteiger partial charge in [0.25, 0.3) is 0 Å². The van der Waals surface area contributed by atoms with E-state index in [2.05, 4.69) is 0 Å². The second-order valence-electron chi connectivity index (χ2n) is 7.04. The van der Waals surface area contributed by atoms with Gasteiger partial charge >= 0.3 is 11.9 Å². The minimum atomic E-state index is -1.24. The van der Waals surface area contributed by atoms with Gasteiger partial charge in [-0.3, -0.25) is 14.4 Å². The van der Waals surface area contributed by atoms with Gasteiger partial charge in [0.1, 0.15) is 6.61 Å². The highest BCUT2D eigenvalue weighted by atomic mass is 16.6. The third-order valence-corrected chi connectivity index (χ3v) is 5.65. The summed E-state index contributed by atoms with van der Waals surface area (Å²) in [6, 6.07) is 0.